The van der Waals surface area contributed by atoms with Gasteiger partial charge in [-0.1, -0.05) is 60.1 Å². The summed E-state index contributed by atoms with van der Waals surface area (Å²) < 4.78 is 0.959. The Kier molecular flexibility index (Phi) is 6.78. The lowest BCUT2D eigenvalue weighted by molar-refractivity contribution is -0.132. The molecule has 0 spiro atoms. The summed E-state index contributed by atoms with van der Waals surface area (Å²) in [5, 5.41) is 3.08. The number of amides is 2. The number of hydrogen-bond acceptors (Lipinski definition) is 2. The molecule has 2 amide bonds. The maximum absolute atomic E-state index is 13.6. The van der Waals surface area contributed by atoms with Crippen molar-refractivity contribution in [1.29, 1.82) is 0 Å². The molecule has 1 atom stereocenters. The summed E-state index contributed by atoms with van der Waals surface area (Å²) in [6, 6.07) is 15.6. The molecule has 0 fully saturated rings. The molecular formula is C24H29BrN2O2. The van der Waals surface area contributed by atoms with Crippen molar-refractivity contribution >= 4 is 27.7 Å². The third-order valence-electron chi connectivity index (χ3n) is 5.70. The van der Waals surface area contributed by atoms with Gasteiger partial charge in [0.15, 0.2) is 0 Å². The fourth-order valence-corrected chi connectivity index (χ4v) is 4.24. The van der Waals surface area contributed by atoms with Crippen LogP contribution in [-0.2, 0) is 17.8 Å². The van der Waals surface area contributed by atoms with E-state index in [1.165, 1.54) is 0 Å². The summed E-state index contributed by atoms with van der Waals surface area (Å²) in [5.74, 6) is 0.356. The number of benzene rings is 2. The smallest absolute Gasteiger partial charge is 0.255 e. The summed E-state index contributed by atoms with van der Waals surface area (Å²) in [5.41, 5.74) is 1.79. The predicted octanol–water partition coefficient (Wildman–Crippen LogP) is 4.96. The van der Waals surface area contributed by atoms with Gasteiger partial charge in [0.2, 0.25) is 5.91 Å². The van der Waals surface area contributed by atoms with Crippen LogP contribution >= 0.6 is 15.9 Å². The van der Waals surface area contributed by atoms with Gasteiger partial charge in [0.25, 0.3) is 5.91 Å². The van der Waals surface area contributed by atoms with Gasteiger partial charge < -0.3 is 10.2 Å². The number of nitrogens with one attached hydrogen (secondary N) is 1. The van der Waals surface area contributed by atoms with Crippen LogP contribution in [0.3, 0.4) is 0 Å². The fourth-order valence-electron chi connectivity index (χ4n) is 3.79. The number of halogens is 1. The van der Waals surface area contributed by atoms with Crippen molar-refractivity contribution in [2.24, 2.45) is 5.92 Å². The molecule has 1 aliphatic rings. The van der Waals surface area contributed by atoms with E-state index >= 15 is 0 Å². The highest BCUT2D eigenvalue weighted by Gasteiger charge is 2.44. The molecule has 1 heterocycles. The van der Waals surface area contributed by atoms with Crippen LogP contribution in [0, 0.1) is 5.92 Å². The SMILES string of the molecule is CC(C)CCNC(=O)C1(C)CCc2ccccc2C(=O)N1Cc1cccc(Br)c1. The highest BCUT2D eigenvalue weighted by Crippen LogP contribution is 2.32. The molecule has 0 radical (unpaired) electrons. The van der Waals surface area contributed by atoms with Gasteiger partial charge in [0.05, 0.1) is 0 Å². The predicted molar refractivity (Wildman–Crippen MR) is 120 cm³/mol. The second-order valence-corrected chi connectivity index (χ2v) is 9.31. The zero-order valence-corrected chi connectivity index (χ0v) is 19.0. The van der Waals surface area contributed by atoms with E-state index in [4.69, 9.17) is 0 Å². The second kappa shape index (κ2) is 9.12. The van der Waals surface area contributed by atoms with Crippen LogP contribution in [0.5, 0.6) is 0 Å². The quantitative estimate of drug-likeness (QED) is 0.667. The van der Waals surface area contributed by atoms with Crippen LogP contribution in [0.25, 0.3) is 0 Å². The van der Waals surface area contributed by atoms with Gasteiger partial charge in [0, 0.05) is 23.1 Å². The van der Waals surface area contributed by atoms with Gasteiger partial charge in [-0.05, 0) is 61.4 Å². The van der Waals surface area contributed by atoms with Crippen molar-refractivity contribution in [2.45, 2.75) is 52.1 Å². The van der Waals surface area contributed by atoms with Crippen LogP contribution in [0.15, 0.2) is 53.0 Å². The number of aryl methyl sites for hydroxylation is 1. The third-order valence-corrected chi connectivity index (χ3v) is 6.19. The van der Waals surface area contributed by atoms with Gasteiger partial charge in [0.1, 0.15) is 5.54 Å². The van der Waals surface area contributed by atoms with Crippen molar-refractivity contribution in [1.82, 2.24) is 10.2 Å². The molecule has 2 aromatic rings. The first kappa shape index (κ1) is 21.6. The molecule has 1 unspecified atom stereocenters. The van der Waals surface area contributed by atoms with Crippen molar-refractivity contribution in [3.05, 3.63) is 69.7 Å². The Labute approximate surface area is 181 Å². The van der Waals surface area contributed by atoms with Crippen molar-refractivity contribution < 1.29 is 9.59 Å². The number of fused-ring (bicyclic) bond motifs is 1. The molecule has 1 aliphatic heterocycles. The Hall–Kier alpha value is -2.14. The highest BCUT2D eigenvalue weighted by atomic mass is 79.9. The number of rotatable bonds is 6. The molecule has 3 rings (SSSR count). The maximum atomic E-state index is 13.6. The van der Waals surface area contributed by atoms with Crippen LogP contribution < -0.4 is 5.32 Å². The van der Waals surface area contributed by atoms with E-state index in [0.29, 0.717) is 37.4 Å². The fraction of sp³-hybridized carbons (Fsp3) is 0.417. The maximum Gasteiger partial charge on any atom is 0.255 e. The van der Waals surface area contributed by atoms with E-state index in [1.807, 2.05) is 55.5 Å². The average molecular weight is 457 g/mol. The minimum absolute atomic E-state index is 0.0747. The monoisotopic (exact) mass is 456 g/mol. The topological polar surface area (TPSA) is 49.4 Å². The van der Waals surface area contributed by atoms with Gasteiger partial charge in [-0.25, -0.2) is 0 Å². The standard InChI is InChI=1S/C24H29BrN2O2/c1-17(2)12-14-26-23(29)24(3)13-11-19-8-4-5-10-21(19)22(28)27(24)16-18-7-6-9-20(25)15-18/h4-10,15,17H,11-14,16H2,1-3H3,(H,26,29). The van der Waals surface area contributed by atoms with Gasteiger partial charge in [-0.3, -0.25) is 9.59 Å². The van der Waals surface area contributed by atoms with Crippen LogP contribution in [0.4, 0.5) is 0 Å². The molecule has 29 heavy (non-hydrogen) atoms. The van der Waals surface area contributed by atoms with E-state index in [9.17, 15) is 9.59 Å². The van der Waals surface area contributed by atoms with Crippen molar-refractivity contribution in [3.8, 4) is 0 Å². The normalized spacial score (nSPS) is 19.1. The summed E-state index contributed by atoms with van der Waals surface area (Å²) >= 11 is 3.51. The van der Waals surface area contributed by atoms with Crippen LogP contribution in [0.2, 0.25) is 0 Å². The molecule has 2 aromatic carbocycles. The molecule has 1 N–H and O–H groups in total. The lowest BCUT2D eigenvalue weighted by Crippen LogP contribution is -2.58. The minimum atomic E-state index is -0.907. The van der Waals surface area contributed by atoms with E-state index in [0.717, 1.165) is 22.0 Å². The molecule has 154 valence electrons. The van der Waals surface area contributed by atoms with Crippen molar-refractivity contribution in [3.63, 3.8) is 0 Å². The molecular weight excluding hydrogens is 428 g/mol. The molecule has 0 bridgehead atoms. The summed E-state index contributed by atoms with van der Waals surface area (Å²) in [4.78, 5) is 28.6. The van der Waals surface area contributed by atoms with Crippen molar-refractivity contribution in [2.75, 3.05) is 6.54 Å². The molecule has 0 aliphatic carbocycles. The largest absolute Gasteiger partial charge is 0.354 e. The first-order valence-electron chi connectivity index (χ1n) is 10.2. The molecule has 0 saturated carbocycles. The summed E-state index contributed by atoms with van der Waals surface area (Å²) in [6.45, 7) is 7.19. The molecule has 0 saturated heterocycles. The Morgan fingerprint density at radius 1 is 1.21 bits per heavy atom. The van der Waals surface area contributed by atoms with Crippen LogP contribution in [-0.4, -0.2) is 28.8 Å². The molecule has 5 heteroatoms. The molecule has 0 aromatic heterocycles. The van der Waals surface area contributed by atoms with E-state index in [-0.39, 0.29) is 11.8 Å². The Balaban J connectivity index is 1.95. The average Bonchev–Trinajstić information content (AvgIpc) is 2.79. The third kappa shape index (κ3) is 4.89. The van der Waals surface area contributed by atoms with Gasteiger partial charge >= 0.3 is 0 Å². The zero-order valence-electron chi connectivity index (χ0n) is 17.4. The zero-order chi connectivity index (χ0) is 21.0. The summed E-state index contributed by atoms with van der Waals surface area (Å²) in [7, 11) is 0. The van der Waals surface area contributed by atoms with E-state index < -0.39 is 5.54 Å². The van der Waals surface area contributed by atoms with E-state index in [1.54, 1.807) is 4.90 Å². The minimum Gasteiger partial charge on any atom is -0.354 e. The first-order chi connectivity index (χ1) is 13.8. The summed E-state index contributed by atoms with van der Waals surface area (Å²) in [6.07, 6.45) is 2.21. The number of carbonyl (C=O) groups is 2. The van der Waals surface area contributed by atoms with Gasteiger partial charge in [-0.15, -0.1) is 0 Å². The Bertz CT molecular complexity index is 896. The lowest BCUT2D eigenvalue weighted by Gasteiger charge is -2.39. The van der Waals surface area contributed by atoms with E-state index in [2.05, 4.69) is 35.1 Å². The second-order valence-electron chi connectivity index (χ2n) is 8.39. The lowest BCUT2D eigenvalue weighted by atomic mass is 9.91. The Morgan fingerprint density at radius 3 is 2.69 bits per heavy atom. The van der Waals surface area contributed by atoms with Gasteiger partial charge in [-0.2, -0.15) is 0 Å². The highest BCUT2D eigenvalue weighted by molar-refractivity contribution is 9.10. The van der Waals surface area contributed by atoms with Crippen LogP contribution in [0.1, 0.15) is 55.1 Å². The Morgan fingerprint density at radius 2 is 1.97 bits per heavy atom. The number of nitrogens with zero attached hydrogens (tertiary/aromatic N) is 1. The number of carbonyl (C=O) groups excluding carboxylic acids is 2. The first-order valence-corrected chi connectivity index (χ1v) is 11.0. The number of hydrogen-bond donors (Lipinski definition) is 1. The molecule has 4 nitrogen and oxygen atoms in total.